The predicted molar refractivity (Wildman–Crippen MR) is 73.8 cm³/mol. The summed E-state index contributed by atoms with van der Waals surface area (Å²) in [6.07, 6.45) is -1.41. The second kappa shape index (κ2) is 5.93. The number of hydrogen-bond acceptors (Lipinski definition) is 2. The molecule has 0 unspecified atom stereocenters. The van der Waals surface area contributed by atoms with Crippen LogP contribution in [-0.2, 0) is 6.18 Å². The first-order valence-electron chi connectivity index (χ1n) is 6.77. The second-order valence-corrected chi connectivity index (χ2v) is 5.42. The van der Waals surface area contributed by atoms with Gasteiger partial charge in [0.25, 0.3) is 0 Å². The van der Waals surface area contributed by atoms with Crippen LogP contribution in [0.15, 0.2) is 24.3 Å². The Balaban J connectivity index is 1.83. The monoisotopic (exact) mass is 301 g/mol. The van der Waals surface area contributed by atoms with Crippen molar-refractivity contribution in [3.63, 3.8) is 0 Å². The number of nitrogens with one attached hydrogen (secondary N) is 2. The lowest BCUT2D eigenvalue weighted by molar-refractivity contribution is -0.137. The zero-order valence-electron chi connectivity index (χ0n) is 11.5. The fourth-order valence-electron chi connectivity index (χ4n) is 2.18. The van der Waals surface area contributed by atoms with E-state index in [0.717, 1.165) is 31.4 Å². The summed E-state index contributed by atoms with van der Waals surface area (Å²) >= 11 is 0. The molecule has 1 saturated carbocycles. The summed E-state index contributed by atoms with van der Waals surface area (Å²) in [5.41, 5.74) is 5.21. The van der Waals surface area contributed by atoms with Crippen LogP contribution in [0.2, 0.25) is 0 Å². The van der Waals surface area contributed by atoms with Crippen molar-refractivity contribution in [3.05, 3.63) is 29.8 Å². The van der Waals surface area contributed by atoms with Crippen LogP contribution >= 0.6 is 0 Å². The summed E-state index contributed by atoms with van der Waals surface area (Å²) in [7, 11) is 0. The van der Waals surface area contributed by atoms with Crippen LogP contribution in [-0.4, -0.2) is 19.1 Å². The SMILES string of the molecule is NCCC1(CNC(=O)Nc2ccc(C(F)(F)F)cc2)CC1. The molecule has 0 saturated heterocycles. The molecular weight excluding hydrogens is 283 g/mol. The fourth-order valence-corrected chi connectivity index (χ4v) is 2.18. The Morgan fingerprint density at radius 2 is 1.86 bits per heavy atom. The van der Waals surface area contributed by atoms with E-state index in [-0.39, 0.29) is 5.41 Å². The summed E-state index contributed by atoms with van der Waals surface area (Å²) in [5.74, 6) is 0. The third kappa shape index (κ3) is 4.35. The molecule has 0 heterocycles. The topological polar surface area (TPSA) is 67.1 Å². The van der Waals surface area contributed by atoms with Gasteiger partial charge in [0.15, 0.2) is 0 Å². The van der Waals surface area contributed by atoms with Gasteiger partial charge in [0.2, 0.25) is 0 Å². The first-order chi connectivity index (χ1) is 9.85. The van der Waals surface area contributed by atoms with E-state index in [4.69, 9.17) is 5.73 Å². The second-order valence-electron chi connectivity index (χ2n) is 5.42. The minimum absolute atomic E-state index is 0.117. The number of anilines is 1. The van der Waals surface area contributed by atoms with Crippen molar-refractivity contribution < 1.29 is 18.0 Å². The molecule has 0 spiro atoms. The van der Waals surface area contributed by atoms with Crippen molar-refractivity contribution in [1.82, 2.24) is 5.32 Å². The van der Waals surface area contributed by atoms with E-state index in [1.165, 1.54) is 12.1 Å². The molecule has 116 valence electrons. The number of carbonyl (C=O) groups is 1. The number of alkyl halides is 3. The van der Waals surface area contributed by atoms with E-state index in [9.17, 15) is 18.0 Å². The van der Waals surface area contributed by atoms with Crippen molar-refractivity contribution in [3.8, 4) is 0 Å². The van der Waals surface area contributed by atoms with Crippen molar-refractivity contribution in [2.45, 2.75) is 25.4 Å². The molecule has 4 N–H and O–H groups in total. The molecule has 0 aliphatic heterocycles. The number of halogens is 3. The van der Waals surface area contributed by atoms with Gasteiger partial charge in [0.1, 0.15) is 0 Å². The molecule has 0 atom stereocenters. The number of amides is 2. The minimum Gasteiger partial charge on any atom is -0.337 e. The molecule has 0 radical (unpaired) electrons. The van der Waals surface area contributed by atoms with E-state index in [1.807, 2.05) is 0 Å². The molecule has 1 aliphatic rings. The highest BCUT2D eigenvalue weighted by Crippen LogP contribution is 2.47. The Bertz CT molecular complexity index is 495. The Hall–Kier alpha value is -1.76. The quantitative estimate of drug-likeness (QED) is 0.782. The summed E-state index contributed by atoms with van der Waals surface area (Å²) in [5, 5.41) is 5.25. The molecule has 1 aromatic rings. The highest BCUT2D eigenvalue weighted by molar-refractivity contribution is 5.89. The van der Waals surface area contributed by atoms with Crippen LogP contribution < -0.4 is 16.4 Å². The summed E-state index contributed by atoms with van der Waals surface area (Å²) in [6.45, 7) is 1.12. The maximum Gasteiger partial charge on any atom is 0.416 e. The van der Waals surface area contributed by atoms with Crippen LogP contribution in [0.1, 0.15) is 24.8 Å². The Morgan fingerprint density at radius 3 is 2.33 bits per heavy atom. The van der Waals surface area contributed by atoms with Gasteiger partial charge >= 0.3 is 12.2 Å². The third-order valence-corrected chi connectivity index (χ3v) is 3.73. The van der Waals surface area contributed by atoms with E-state index in [1.54, 1.807) is 0 Å². The van der Waals surface area contributed by atoms with E-state index < -0.39 is 17.8 Å². The predicted octanol–water partition coefficient (Wildman–Crippen LogP) is 2.96. The van der Waals surface area contributed by atoms with Gasteiger partial charge in [0.05, 0.1) is 5.56 Å². The molecule has 1 fully saturated rings. The van der Waals surface area contributed by atoms with Gasteiger partial charge in [-0.05, 0) is 55.5 Å². The first kappa shape index (κ1) is 15.6. The van der Waals surface area contributed by atoms with Crippen molar-refractivity contribution in [1.29, 1.82) is 0 Å². The third-order valence-electron chi connectivity index (χ3n) is 3.73. The zero-order chi connectivity index (χ0) is 15.5. The largest absolute Gasteiger partial charge is 0.416 e. The van der Waals surface area contributed by atoms with Crippen LogP contribution in [0, 0.1) is 5.41 Å². The number of hydrogen-bond donors (Lipinski definition) is 3. The first-order valence-corrected chi connectivity index (χ1v) is 6.77. The van der Waals surface area contributed by atoms with Gasteiger partial charge in [-0.25, -0.2) is 4.79 Å². The van der Waals surface area contributed by atoms with Gasteiger partial charge in [-0.3, -0.25) is 0 Å². The minimum atomic E-state index is -4.37. The van der Waals surface area contributed by atoms with Gasteiger partial charge in [-0.2, -0.15) is 13.2 Å². The van der Waals surface area contributed by atoms with Crippen molar-refractivity contribution in [2.24, 2.45) is 11.1 Å². The van der Waals surface area contributed by atoms with Crippen LogP contribution in [0.25, 0.3) is 0 Å². The molecular formula is C14H18F3N3O. The maximum atomic E-state index is 12.4. The van der Waals surface area contributed by atoms with Crippen LogP contribution in [0.5, 0.6) is 0 Å². The highest BCUT2D eigenvalue weighted by atomic mass is 19.4. The molecule has 1 aliphatic carbocycles. The van der Waals surface area contributed by atoms with Gasteiger partial charge < -0.3 is 16.4 Å². The van der Waals surface area contributed by atoms with Crippen LogP contribution in [0.3, 0.4) is 0 Å². The lowest BCUT2D eigenvalue weighted by atomic mass is 10.0. The Kier molecular flexibility index (Phi) is 4.41. The van der Waals surface area contributed by atoms with Crippen molar-refractivity contribution in [2.75, 3.05) is 18.4 Å². The molecule has 2 rings (SSSR count). The number of nitrogens with two attached hydrogens (primary N) is 1. The number of benzene rings is 1. The number of urea groups is 1. The molecule has 4 nitrogen and oxygen atoms in total. The average Bonchev–Trinajstić information content (AvgIpc) is 3.17. The zero-order valence-corrected chi connectivity index (χ0v) is 11.5. The standard InChI is InChI=1S/C14H18F3N3O/c15-14(16,17)10-1-3-11(4-2-10)20-12(21)19-9-13(5-6-13)7-8-18/h1-4H,5-9,18H2,(H2,19,20,21). The molecule has 7 heteroatoms. The average molecular weight is 301 g/mol. The van der Waals surface area contributed by atoms with Crippen molar-refractivity contribution >= 4 is 11.7 Å². The van der Waals surface area contributed by atoms with Crippen LogP contribution in [0.4, 0.5) is 23.7 Å². The molecule has 0 aromatic heterocycles. The number of carbonyl (C=O) groups excluding carboxylic acids is 1. The smallest absolute Gasteiger partial charge is 0.337 e. The summed E-state index contributed by atoms with van der Waals surface area (Å²) in [4.78, 5) is 11.7. The number of rotatable bonds is 5. The van der Waals surface area contributed by atoms with E-state index in [0.29, 0.717) is 18.8 Å². The fraction of sp³-hybridized carbons (Fsp3) is 0.500. The molecule has 2 amide bonds. The molecule has 21 heavy (non-hydrogen) atoms. The lowest BCUT2D eigenvalue weighted by Gasteiger charge is -2.15. The lowest BCUT2D eigenvalue weighted by Crippen LogP contribution is -2.34. The van der Waals surface area contributed by atoms with Gasteiger partial charge in [0, 0.05) is 12.2 Å². The van der Waals surface area contributed by atoms with E-state index >= 15 is 0 Å². The highest BCUT2D eigenvalue weighted by Gasteiger charge is 2.41. The molecule has 0 bridgehead atoms. The molecule has 1 aromatic carbocycles. The summed E-state index contributed by atoms with van der Waals surface area (Å²) < 4.78 is 37.2. The summed E-state index contributed by atoms with van der Waals surface area (Å²) in [6, 6.07) is 3.92. The van der Waals surface area contributed by atoms with E-state index in [2.05, 4.69) is 10.6 Å². The van der Waals surface area contributed by atoms with Gasteiger partial charge in [-0.15, -0.1) is 0 Å². The Morgan fingerprint density at radius 1 is 1.24 bits per heavy atom. The Labute approximate surface area is 120 Å². The van der Waals surface area contributed by atoms with Gasteiger partial charge in [-0.1, -0.05) is 0 Å². The maximum absolute atomic E-state index is 12.4. The normalized spacial score (nSPS) is 16.4.